The molecule has 0 amide bonds. The third-order valence-electron chi connectivity index (χ3n) is 4.31. The number of aryl methyl sites for hydroxylation is 1. The molecular weight excluding hydrogens is 302 g/mol. The van der Waals surface area contributed by atoms with E-state index in [1.54, 1.807) is 11.6 Å². The number of pyridine rings is 1. The van der Waals surface area contributed by atoms with Gasteiger partial charge >= 0.3 is 5.63 Å². The van der Waals surface area contributed by atoms with Crippen molar-refractivity contribution in [1.29, 1.82) is 0 Å². The Morgan fingerprint density at radius 3 is 2.46 bits per heavy atom. The van der Waals surface area contributed by atoms with E-state index in [1.807, 2.05) is 54.6 Å². The zero-order valence-electron chi connectivity index (χ0n) is 13.2. The highest BCUT2D eigenvalue weighted by molar-refractivity contribution is 6.02. The third kappa shape index (κ3) is 2.24. The molecule has 0 aliphatic rings. The second-order valence-electron chi connectivity index (χ2n) is 5.84. The fourth-order valence-corrected chi connectivity index (χ4v) is 3.16. The summed E-state index contributed by atoms with van der Waals surface area (Å²) >= 11 is 0. The van der Waals surface area contributed by atoms with Crippen LogP contribution < -0.4 is 11.2 Å². The Morgan fingerprint density at radius 2 is 1.67 bits per heavy atom. The first kappa shape index (κ1) is 14.5. The molecule has 0 saturated carbocycles. The molecule has 0 aliphatic carbocycles. The Morgan fingerprint density at radius 1 is 0.958 bits per heavy atom. The van der Waals surface area contributed by atoms with Crippen molar-refractivity contribution in [3.05, 3.63) is 92.6 Å². The molecule has 4 nitrogen and oxygen atoms in total. The van der Waals surface area contributed by atoms with Crippen LogP contribution in [0.25, 0.3) is 21.9 Å². The minimum atomic E-state index is -0.438. The van der Waals surface area contributed by atoms with E-state index in [2.05, 4.69) is 0 Å². The number of fused-ring (bicyclic) bond motifs is 3. The van der Waals surface area contributed by atoms with Gasteiger partial charge in [-0.05, 0) is 29.7 Å². The van der Waals surface area contributed by atoms with Gasteiger partial charge in [0.2, 0.25) is 0 Å². The highest BCUT2D eigenvalue weighted by atomic mass is 16.4. The molecule has 2 heterocycles. The summed E-state index contributed by atoms with van der Waals surface area (Å²) in [6, 6.07) is 18.6. The summed E-state index contributed by atoms with van der Waals surface area (Å²) in [7, 11) is 1.74. The van der Waals surface area contributed by atoms with Crippen LogP contribution in [0, 0.1) is 0 Å². The SMILES string of the molecule is Cn1c(=O)c2c(Cc3ccccc3)cc(=O)oc2c2ccccc21. The number of hydrogen-bond donors (Lipinski definition) is 0. The normalized spacial score (nSPS) is 11.2. The van der Waals surface area contributed by atoms with Gasteiger partial charge in [0.15, 0.2) is 5.58 Å². The lowest BCUT2D eigenvalue weighted by Gasteiger charge is -2.10. The highest BCUT2D eigenvalue weighted by Crippen LogP contribution is 2.24. The average Bonchev–Trinajstić information content (AvgIpc) is 2.60. The zero-order valence-corrected chi connectivity index (χ0v) is 13.2. The Kier molecular flexibility index (Phi) is 3.31. The molecule has 0 aliphatic heterocycles. The van der Waals surface area contributed by atoms with Gasteiger partial charge in [-0.3, -0.25) is 4.79 Å². The monoisotopic (exact) mass is 317 g/mol. The summed E-state index contributed by atoms with van der Waals surface area (Å²) in [6.45, 7) is 0. The van der Waals surface area contributed by atoms with Crippen molar-refractivity contribution in [3.63, 3.8) is 0 Å². The van der Waals surface area contributed by atoms with Crippen molar-refractivity contribution in [1.82, 2.24) is 4.57 Å². The summed E-state index contributed by atoms with van der Waals surface area (Å²) < 4.78 is 7.02. The molecule has 2 aromatic carbocycles. The Bertz CT molecular complexity index is 1170. The molecule has 0 spiro atoms. The van der Waals surface area contributed by atoms with Crippen LogP contribution in [0.2, 0.25) is 0 Å². The molecule has 0 atom stereocenters. The van der Waals surface area contributed by atoms with E-state index < -0.39 is 5.63 Å². The Hall–Kier alpha value is -3.14. The summed E-state index contributed by atoms with van der Waals surface area (Å²) in [5.41, 5.74) is 2.26. The minimum absolute atomic E-state index is 0.154. The molecule has 0 radical (unpaired) electrons. The van der Waals surface area contributed by atoms with E-state index in [0.717, 1.165) is 16.5 Å². The quantitative estimate of drug-likeness (QED) is 0.533. The van der Waals surface area contributed by atoms with Crippen LogP contribution in [0.4, 0.5) is 0 Å². The van der Waals surface area contributed by atoms with E-state index in [0.29, 0.717) is 23.0 Å². The van der Waals surface area contributed by atoms with Crippen molar-refractivity contribution in [2.75, 3.05) is 0 Å². The lowest BCUT2D eigenvalue weighted by molar-refractivity contribution is 0.561. The largest absolute Gasteiger partial charge is 0.422 e. The van der Waals surface area contributed by atoms with Gasteiger partial charge in [-0.1, -0.05) is 42.5 Å². The highest BCUT2D eigenvalue weighted by Gasteiger charge is 2.15. The molecule has 4 rings (SSSR count). The number of nitrogens with zero attached hydrogens (tertiary/aromatic N) is 1. The zero-order chi connectivity index (χ0) is 16.7. The predicted molar refractivity (Wildman–Crippen MR) is 94.5 cm³/mol. The first-order valence-corrected chi connectivity index (χ1v) is 7.73. The first-order chi connectivity index (χ1) is 11.6. The standard InChI is InChI=1S/C20H15NO3/c1-21-16-10-6-5-9-15(16)19-18(20(21)23)14(12-17(22)24-19)11-13-7-3-2-4-8-13/h2-10,12H,11H2,1H3. The average molecular weight is 317 g/mol. The van der Waals surface area contributed by atoms with Gasteiger partial charge in [0.25, 0.3) is 5.56 Å². The minimum Gasteiger partial charge on any atom is -0.422 e. The van der Waals surface area contributed by atoms with Gasteiger partial charge in [-0.2, -0.15) is 0 Å². The van der Waals surface area contributed by atoms with Crippen LogP contribution in [-0.4, -0.2) is 4.57 Å². The molecule has 0 saturated heterocycles. The second-order valence-corrected chi connectivity index (χ2v) is 5.84. The molecule has 2 aromatic heterocycles. The van der Waals surface area contributed by atoms with E-state index >= 15 is 0 Å². The third-order valence-corrected chi connectivity index (χ3v) is 4.31. The number of aromatic nitrogens is 1. The second kappa shape index (κ2) is 5.49. The number of rotatable bonds is 2. The molecule has 24 heavy (non-hydrogen) atoms. The number of benzene rings is 2. The van der Waals surface area contributed by atoms with Crippen molar-refractivity contribution < 1.29 is 4.42 Å². The van der Waals surface area contributed by atoms with E-state index in [4.69, 9.17) is 4.42 Å². The van der Waals surface area contributed by atoms with Gasteiger partial charge in [0.1, 0.15) is 0 Å². The van der Waals surface area contributed by atoms with Crippen molar-refractivity contribution in [3.8, 4) is 0 Å². The van der Waals surface area contributed by atoms with Gasteiger partial charge in [-0.15, -0.1) is 0 Å². The van der Waals surface area contributed by atoms with Crippen molar-refractivity contribution >= 4 is 21.9 Å². The Labute approximate surface area is 137 Å². The summed E-state index contributed by atoms with van der Waals surface area (Å²) in [6.07, 6.45) is 0.510. The summed E-state index contributed by atoms with van der Waals surface area (Å²) in [5.74, 6) is 0. The van der Waals surface area contributed by atoms with Crippen LogP contribution in [0.15, 0.2) is 74.7 Å². The van der Waals surface area contributed by atoms with Gasteiger partial charge in [0.05, 0.1) is 10.9 Å². The van der Waals surface area contributed by atoms with Crippen molar-refractivity contribution in [2.24, 2.45) is 7.05 Å². The van der Waals surface area contributed by atoms with Crippen molar-refractivity contribution in [2.45, 2.75) is 6.42 Å². The van der Waals surface area contributed by atoms with E-state index in [1.165, 1.54) is 6.07 Å². The lowest BCUT2D eigenvalue weighted by atomic mass is 10.0. The molecule has 118 valence electrons. The van der Waals surface area contributed by atoms with Crippen LogP contribution in [0.5, 0.6) is 0 Å². The lowest BCUT2D eigenvalue weighted by Crippen LogP contribution is -2.20. The molecule has 4 aromatic rings. The molecule has 0 unspecified atom stereocenters. The maximum atomic E-state index is 12.9. The molecule has 0 N–H and O–H groups in total. The summed E-state index contributed by atoms with van der Waals surface area (Å²) in [5, 5.41) is 1.24. The number of para-hydroxylation sites is 1. The van der Waals surface area contributed by atoms with Crippen LogP contribution in [0.3, 0.4) is 0 Å². The Balaban J connectivity index is 2.12. The van der Waals surface area contributed by atoms with Gasteiger partial charge in [-0.25, -0.2) is 4.79 Å². The fourth-order valence-electron chi connectivity index (χ4n) is 3.16. The van der Waals surface area contributed by atoms with Crippen LogP contribution in [0.1, 0.15) is 11.1 Å². The number of hydrogen-bond acceptors (Lipinski definition) is 3. The first-order valence-electron chi connectivity index (χ1n) is 7.73. The van der Waals surface area contributed by atoms with E-state index in [9.17, 15) is 9.59 Å². The van der Waals surface area contributed by atoms with Crippen LogP contribution >= 0.6 is 0 Å². The van der Waals surface area contributed by atoms with Gasteiger partial charge in [0, 0.05) is 18.5 Å². The maximum Gasteiger partial charge on any atom is 0.336 e. The van der Waals surface area contributed by atoms with Gasteiger partial charge < -0.3 is 8.98 Å². The molecule has 0 fully saturated rings. The maximum absolute atomic E-state index is 12.9. The molecular formula is C20H15NO3. The predicted octanol–water partition coefficient (Wildman–Crippen LogP) is 3.24. The van der Waals surface area contributed by atoms with Crippen LogP contribution in [-0.2, 0) is 13.5 Å². The topological polar surface area (TPSA) is 52.2 Å². The summed E-state index contributed by atoms with van der Waals surface area (Å²) in [4.78, 5) is 24.9. The van der Waals surface area contributed by atoms with E-state index in [-0.39, 0.29) is 5.56 Å². The molecule has 4 heteroatoms. The smallest absolute Gasteiger partial charge is 0.336 e. The molecule has 0 bridgehead atoms. The fraction of sp³-hybridized carbons (Fsp3) is 0.100.